The summed E-state index contributed by atoms with van der Waals surface area (Å²) in [6.07, 6.45) is 0. The Hall–Kier alpha value is -1.89. The molecule has 140 valence electrons. The summed E-state index contributed by atoms with van der Waals surface area (Å²) in [6, 6.07) is 7.55. The zero-order valence-electron chi connectivity index (χ0n) is 15.4. The molecule has 0 radical (unpaired) electrons. The molecule has 1 N–H and O–H groups in total. The fraction of sp³-hybridized carbons (Fsp3) is 0.316. The van der Waals surface area contributed by atoms with E-state index in [9.17, 15) is 13.2 Å². The molecule has 0 unspecified atom stereocenters. The van der Waals surface area contributed by atoms with E-state index in [1.165, 1.54) is 25.3 Å². The maximum Gasteiger partial charge on any atom is 0.337 e. The van der Waals surface area contributed by atoms with Crippen molar-refractivity contribution in [1.82, 2.24) is 4.72 Å². The zero-order valence-corrected chi connectivity index (χ0v) is 17.0. The van der Waals surface area contributed by atoms with E-state index >= 15 is 0 Å². The number of esters is 1. The van der Waals surface area contributed by atoms with Crippen LogP contribution in [0.2, 0.25) is 5.02 Å². The molecular formula is C19H22ClNO4S. The number of halogens is 1. The first-order valence-corrected chi connectivity index (χ1v) is 9.91. The fourth-order valence-corrected chi connectivity index (χ4v) is 4.51. The van der Waals surface area contributed by atoms with Crippen molar-refractivity contribution in [3.63, 3.8) is 0 Å². The molecule has 0 amide bonds. The normalized spacial score (nSPS) is 12.7. The molecule has 1 atom stereocenters. The number of aryl methyl sites for hydroxylation is 3. The van der Waals surface area contributed by atoms with Crippen LogP contribution in [0.4, 0.5) is 0 Å². The number of benzene rings is 2. The Morgan fingerprint density at radius 2 is 1.69 bits per heavy atom. The molecule has 0 fully saturated rings. The molecule has 5 nitrogen and oxygen atoms in total. The second-order valence-electron chi connectivity index (χ2n) is 6.27. The van der Waals surface area contributed by atoms with Gasteiger partial charge < -0.3 is 4.74 Å². The molecule has 0 heterocycles. The van der Waals surface area contributed by atoms with Gasteiger partial charge in [0.1, 0.15) is 4.90 Å². The third-order valence-electron chi connectivity index (χ3n) is 4.32. The molecule has 0 aromatic heterocycles. The van der Waals surface area contributed by atoms with E-state index in [1.807, 2.05) is 32.9 Å². The lowest BCUT2D eigenvalue weighted by Gasteiger charge is -2.19. The van der Waals surface area contributed by atoms with Crippen molar-refractivity contribution in [2.75, 3.05) is 7.11 Å². The van der Waals surface area contributed by atoms with Gasteiger partial charge in [-0.25, -0.2) is 17.9 Å². The predicted octanol–water partition coefficient (Wildman–Crippen LogP) is 4.09. The molecule has 0 aliphatic rings. The van der Waals surface area contributed by atoms with Crippen LogP contribution in [-0.4, -0.2) is 21.5 Å². The lowest BCUT2D eigenvalue weighted by Crippen LogP contribution is -2.28. The average Bonchev–Trinajstić information content (AvgIpc) is 2.57. The van der Waals surface area contributed by atoms with Gasteiger partial charge in [0.15, 0.2) is 0 Å². The molecule has 0 saturated carbocycles. The minimum absolute atomic E-state index is 0.0363. The molecule has 0 bridgehead atoms. The SMILES string of the molecule is COC(=O)c1ccc(Cl)c(S(=O)(=O)N[C@H](C)c2cc(C)c(C)cc2C)c1. The first-order valence-electron chi connectivity index (χ1n) is 8.04. The molecule has 0 saturated heterocycles. The molecule has 0 spiro atoms. The van der Waals surface area contributed by atoms with Crippen LogP contribution in [-0.2, 0) is 14.8 Å². The summed E-state index contributed by atoms with van der Waals surface area (Å²) in [4.78, 5) is 11.5. The Morgan fingerprint density at radius 1 is 1.08 bits per heavy atom. The molecule has 2 rings (SSSR count). The van der Waals surface area contributed by atoms with Gasteiger partial charge in [-0.05, 0) is 68.1 Å². The van der Waals surface area contributed by atoms with Crippen molar-refractivity contribution in [1.29, 1.82) is 0 Å². The van der Waals surface area contributed by atoms with Crippen LogP contribution in [0.25, 0.3) is 0 Å². The third kappa shape index (κ3) is 4.26. The summed E-state index contributed by atoms with van der Waals surface area (Å²) in [5.41, 5.74) is 4.24. The Kier molecular flexibility index (Phi) is 6.11. The molecule has 2 aromatic rings. The minimum atomic E-state index is -3.93. The summed E-state index contributed by atoms with van der Waals surface area (Å²) in [6.45, 7) is 7.71. The Morgan fingerprint density at radius 3 is 2.31 bits per heavy atom. The lowest BCUT2D eigenvalue weighted by molar-refractivity contribution is 0.0600. The Balaban J connectivity index is 2.40. The number of carbonyl (C=O) groups is 1. The van der Waals surface area contributed by atoms with Gasteiger partial charge in [-0.2, -0.15) is 0 Å². The quantitative estimate of drug-likeness (QED) is 0.774. The van der Waals surface area contributed by atoms with Gasteiger partial charge in [-0.15, -0.1) is 0 Å². The summed E-state index contributed by atoms with van der Waals surface area (Å²) < 4.78 is 32.9. The number of rotatable bonds is 5. The maximum absolute atomic E-state index is 12.8. The van der Waals surface area contributed by atoms with Crippen LogP contribution in [0.15, 0.2) is 35.2 Å². The highest BCUT2D eigenvalue weighted by Gasteiger charge is 2.24. The second kappa shape index (κ2) is 7.78. The van der Waals surface area contributed by atoms with E-state index in [0.717, 1.165) is 22.3 Å². The number of hydrogen-bond donors (Lipinski definition) is 1. The van der Waals surface area contributed by atoms with Gasteiger partial charge in [0.2, 0.25) is 10.0 Å². The van der Waals surface area contributed by atoms with Crippen LogP contribution in [0.3, 0.4) is 0 Å². The van der Waals surface area contributed by atoms with Gasteiger partial charge in [0, 0.05) is 6.04 Å². The summed E-state index contributed by atoms with van der Waals surface area (Å²) in [5.74, 6) is -0.629. The van der Waals surface area contributed by atoms with E-state index in [0.29, 0.717) is 0 Å². The number of methoxy groups -OCH3 is 1. The van der Waals surface area contributed by atoms with Crippen molar-refractivity contribution in [3.8, 4) is 0 Å². The fourth-order valence-electron chi connectivity index (χ4n) is 2.76. The first-order chi connectivity index (χ1) is 12.1. The number of ether oxygens (including phenoxy) is 1. The zero-order chi connectivity index (χ0) is 19.6. The van der Waals surface area contributed by atoms with Crippen LogP contribution < -0.4 is 4.72 Å². The van der Waals surface area contributed by atoms with Crippen molar-refractivity contribution < 1.29 is 17.9 Å². The van der Waals surface area contributed by atoms with Gasteiger partial charge in [0.05, 0.1) is 17.7 Å². The third-order valence-corrected chi connectivity index (χ3v) is 6.34. The van der Waals surface area contributed by atoms with E-state index < -0.39 is 22.0 Å². The van der Waals surface area contributed by atoms with Gasteiger partial charge in [-0.1, -0.05) is 23.7 Å². The van der Waals surface area contributed by atoms with Crippen LogP contribution >= 0.6 is 11.6 Å². The number of carbonyl (C=O) groups excluding carboxylic acids is 1. The summed E-state index contributed by atoms with van der Waals surface area (Å²) in [5, 5.41) is 0.0363. The van der Waals surface area contributed by atoms with E-state index in [2.05, 4.69) is 9.46 Å². The summed E-state index contributed by atoms with van der Waals surface area (Å²) >= 11 is 6.06. The smallest absolute Gasteiger partial charge is 0.337 e. The predicted molar refractivity (Wildman–Crippen MR) is 102 cm³/mol. The van der Waals surface area contributed by atoms with Crippen molar-refractivity contribution in [3.05, 3.63) is 63.2 Å². The van der Waals surface area contributed by atoms with Crippen molar-refractivity contribution in [2.24, 2.45) is 0 Å². The van der Waals surface area contributed by atoms with Gasteiger partial charge >= 0.3 is 5.97 Å². The Bertz CT molecular complexity index is 954. The maximum atomic E-state index is 12.8. The second-order valence-corrected chi connectivity index (χ2v) is 8.36. The van der Waals surface area contributed by atoms with E-state index in [4.69, 9.17) is 11.6 Å². The van der Waals surface area contributed by atoms with Crippen LogP contribution in [0, 0.1) is 20.8 Å². The van der Waals surface area contributed by atoms with Crippen molar-refractivity contribution >= 4 is 27.6 Å². The van der Waals surface area contributed by atoms with Gasteiger partial charge in [-0.3, -0.25) is 0 Å². The minimum Gasteiger partial charge on any atom is -0.465 e. The standard InChI is InChI=1S/C19H22ClNO4S/c1-11-8-13(3)16(9-12(11)2)14(4)21-26(23,24)18-10-15(19(22)25-5)6-7-17(18)20/h6-10,14,21H,1-5H3/t14-/m1/s1. The van der Waals surface area contributed by atoms with E-state index in [1.54, 1.807) is 6.92 Å². The molecule has 26 heavy (non-hydrogen) atoms. The number of sulfonamides is 1. The summed E-state index contributed by atoms with van der Waals surface area (Å²) in [7, 11) is -2.70. The number of nitrogens with one attached hydrogen (secondary N) is 1. The van der Waals surface area contributed by atoms with Crippen LogP contribution in [0.1, 0.15) is 45.6 Å². The highest BCUT2D eigenvalue weighted by Crippen LogP contribution is 2.27. The van der Waals surface area contributed by atoms with Crippen molar-refractivity contribution in [2.45, 2.75) is 38.6 Å². The highest BCUT2D eigenvalue weighted by atomic mass is 35.5. The molecule has 2 aromatic carbocycles. The molecular weight excluding hydrogens is 374 g/mol. The van der Waals surface area contributed by atoms with Crippen LogP contribution in [0.5, 0.6) is 0 Å². The topological polar surface area (TPSA) is 72.5 Å². The largest absolute Gasteiger partial charge is 0.465 e. The van der Waals surface area contributed by atoms with E-state index in [-0.39, 0.29) is 15.5 Å². The first kappa shape index (κ1) is 20.4. The number of hydrogen-bond acceptors (Lipinski definition) is 4. The average molecular weight is 396 g/mol. The molecule has 0 aliphatic carbocycles. The monoisotopic (exact) mass is 395 g/mol. The molecule has 7 heteroatoms. The lowest BCUT2D eigenvalue weighted by atomic mass is 9.97. The highest BCUT2D eigenvalue weighted by molar-refractivity contribution is 7.89. The Labute approximate surface area is 159 Å². The molecule has 0 aliphatic heterocycles. The van der Waals surface area contributed by atoms with Gasteiger partial charge in [0.25, 0.3) is 0 Å².